The summed E-state index contributed by atoms with van der Waals surface area (Å²) in [4.78, 5) is 26.3. The summed E-state index contributed by atoms with van der Waals surface area (Å²) in [6, 6.07) is 17.1. The summed E-state index contributed by atoms with van der Waals surface area (Å²) < 4.78 is 31.5. The summed E-state index contributed by atoms with van der Waals surface area (Å²) in [5.74, 6) is 0.989. The van der Waals surface area contributed by atoms with Gasteiger partial charge in [-0.3, -0.25) is 4.79 Å². The molecule has 0 N–H and O–H groups in total. The van der Waals surface area contributed by atoms with Crippen LogP contribution >= 0.6 is 35.3 Å². The lowest BCUT2D eigenvalue weighted by atomic mass is 10.4. The maximum Gasteiger partial charge on any atom is 0.330 e. The van der Waals surface area contributed by atoms with Crippen LogP contribution in [-0.2, 0) is 38.0 Å². The van der Waals surface area contributed by atoms with Crippen molar-refractivity contribution in [3.63, 3.8) is 0 Å². The number of carbonyl (C=O) groups excluding carboxylic acids is 2. The molecule has 0 saturated heterocycles. The maximum atomic E-state index is 10.9. The van der Waals surface area contributed by atoms with Gasteiger partial charge in [0.05, 0.1) is 52.9 Å². The fourth-order valence-electron chi connectivity index (χ4n) is 2.93. The maximum absolute atomic E-state index is 10.9. The molecule has 0 radical (unpaired) electrons. The number of esters is 2. The monoisotopic (exact) mass is 610 g/mol. The van der Waals surface area contributed by atoms with Gasteiger partial charge in [-0.1, -0.05) is 18.3 Å². The molecular weight excluding hydrogens is 573 g/mol. The second-order valence-corrected chi connectivity index (χ2v) is 11.4. The Bertz CT molecular complexity index is 970. The lowest BCUT2D eigenvalue weighted by Crippen LogP contribution is -2.12. The zero-order valence-electron chi connectivity index (χ0n) is 22.9. The molecule has 220 valence electrons. The fourth-order valence-corrected chi connectivity index (χ4v) is 5.28. The highest BCUT2D eigenvalue weighted by Gasteiger charge is 2.02. The molecule has 0 saturated carbocycles. The summed E-state index contributed by atoms with van der Waals surface area (Å²) in [7, 11) is 0. The highest BCUT2D eigenvalue weighted by Crippen LogP contribution is 2.31. The molecule has 0 heterocycles. The van der Waals surface area contributed by atoms with E-state index in [1.54, 1.807) is 35.3 Å². The molecular formula is C29H38O8S3. The number of ether oxygens (including phenoxy) is 6. The number of thioether (sulfide) groups is 2. The van der Waals surface area contributed by atoms with E-state index in [0.29, 0.717) is 52.9 Å². The molecule has 0 bridgehead atoms. The van der Waals surface area contributed by atoms with E-state index >= 15 is 0 Å². The molecule has 11 heteroatoms. The van der Waals surface area contributed by atoms with Gasteiger partial charge in [-0.25, -0.2) is 4.79 Å². The zero-order chi connectivity index (χ0) is 28.7. The second kappa shape index (κ2) is 22.7. The Morgan fingerprint density at radius 3 is 1.40 bits per heavy atom. The molecule has 0 aromatic heterocycles. The number of hydrogen-bond acceptors (Lipinski definition) is 11. The third kappa shape index (κ3) is 17.6. The van der Waals surface area contributed by atoms with E-state index in [1.165, 1.54) is 26.5 Å². The van der Waals surface area contributed by atoms with Crippen LogP contribution in [0.4, 0.5) is 0 Å². The molecule has 2 aromatic rings. The van der Waals surface area contributed by atoms with E-state index < -0.39 is 5.97 Å². The van der Waals surface area contributed by atoms with Crippen molar-refractivity contribution >= 4 is 47.2 Å². The van der Waals surface area contributed by atoms with Gasteiger partial charge in [0.2, 0.25) is 0 Å². The molecule has 0 fully saturated rings. The van der Waals surface area contributed by atoms with Crippen molar-refractivity contribution in [2.45, 2.75) is 26.5 Å². The largest absolute Gasteiger partial charge is 0.463 e. The van der Waals surface area contributed by atoms with Crippen molar-refractivity contribution < 1.29 is 38.0 Å². The van der Waals surface area contributed by atoms with Gasteiger partial charge in [0.1, 0.15) is 13.2 Å². The number of rotatable bonds is 23. The Morgan fingerprint density at radius 1 is 0.600 bits per heavy atom. The van der Waals surface area contributed by atoms with Gasteiger partial charge < -0.3 is 28.4 Å². The first kappa shape index (κ1) is 34.2. The smallest absolute Gasteiger partial charge is 0.330 e. The van der Waals surface area contributed by atoms with Crippen molar-refractivity contribution in [2.75, 3.05) is 77.6 Å². The fraction of sp³-hybridized carbons (Fsp3) is 0.448. The van der Waals surface area contributed by atoms with Crippen LogP contribution in [0.1, 0.15) is 6.92 Å². The Balaban J connectivity index is 1.49. The van der Waals surface area contributed by atoms with E-state index in [0.717, 1.165) is 17.6 Å². The third-order valence-electron chi connectivity index (χ3n) is 4.79. The third-order valence-corrected chi connectivity index (χ3v) is 7.76. The van der Waals surface area contributed by atoms with Crippen molar-refractivity contribution in [3.05, 3.63) is 61.2 Å². The minimum Gasteiger partial charge on any atom is -0.463 e. The SMILES string of the molecule is C=CC(=O)OCCOCCOCCSc1ccc(Sc2ccc(SCCOCCOCCOC(C)=O)cc2)cc1. The lowest BCUT2D eigenvalue weighted by molar-refractivity contribution is -0.142. The highest BCUT2D eigenvalue weighted by molar-refractivity contribution is 8.00. The predicted octanol–water partition coefficient (Wildman–Crippen LogP) is 5.38. The van der Waals surface area contributed by atoms with Gasteiger partial charge in [-0.15, -0.1) is 23.5 Å². The van der Waals surface area contributed by atoms with E-state index in [1.807, 2.05) is 0 Å². The van der Waals surface area contributed by atoms with Gasteiger partial charge in [-0.05, 0) is 48.5 Å². The van der Waals surface area contributed by atoms with Crippen LogP contribution in [0, 0.1) is 0 Å². The molecule has 0 spiro atoms. The Morgan fingerprint density at radius 2 is 0.975 bits per heavy atom. The molecule has 0 amide bonds. The molecule has 0 atom stereocenters. The standard InChI is InChI=1S/C29H38O8S3/c1-3-29(31)37-19-17-33-13-15-35-21-23-39-26-6-10-28(11-7-26)40-27-8-4-25(5-9-27)38-22-20-34-14-12-32-16-18-36-24(2)30/h3-11H,1,12-23H2,2H3. The summed E-state index contributed by atoms with van der Waals surface area (Å²) >= 11 is 5.25. The molecule has 40 heavy (non-hydrogen) atoms. The average Bonchev–Trinajstić information content (AvgIpc) is 2.96. The average molecular weight is 611 g/mol. The molecule has 0 aliphatic heterocycles. The molecule has 2 rings (SSSR count). The Kier molecular flexibility index (Phi) is 19.4. The number of carbonyl (C=O) groups is 2. The van der Waals surface area contributed by atoms with E-state index in [-0.39, 0.29) is 19.2 Å². The van der Waals surface area contributed by atoms with Crippen molar-refractivity contribution in [1.29, 1.82) is 0 Å². The van der Waals surface area contributed by atoms with Crippen LogP contribution in [0.2, 0.25) is 0 Å². The Labute approximate surface area is 249 Å². The zero-order valence-corrected chi connectivity index (χ0v) is 25.3. The van der Waals surface area contributed by atoms with Crippen LogP contribution in [-0.4, -0.2) is 89.5 Å². The van der Waals surface area contributed by atoms with E-state index in [2.05, 4.69) is 55.1 Å². The van der Waals surface area contributed by atoms with Crippen molar-refractivity contribution in [3.8, 4) is 0 Å². The summed E-state index contributed by atoms with van der Waals surface area (Å²) in [5.41, 5.74) is 0. The summed E-state index contributed by atoms with van der Waals surface area (Å²) in [5, 5.41) is 0. The lowest BCUT2D eigenvalue weighted by Gasteiger charge is -2.08. The van der Waals surface area contributed by atoms with Gasteiger partial charge >= 0.3 is 11.9 Å². The van der Waals surface area contributed by atoms with Gasteiger partial charge in [-0.2, -0.15) is 0 Å². The van der Waals surface area contributed by atoms with Crippen LogP contribution in [0.3, 0.4) is 0 Å². The molecule has 8 nitrogen and oxygen atoms in total. The first-order valence-electron chi connectivity index (χ1n) is 12.9. The molecule has 0 aliphatic carbocycles. The number of benzene rings is 2. The van der Waals surface area contributed by atoms with Crippen LogP contribution in [0.25, 0.3) is 0 Å². The van der Waals surface area contributed by atoms with E-state index in [9.17, 15) is 9.59 Å². The topological polar surface area (TPSA) is 89.5 Å². The minimum atomic E-state index is -0.443. The van der Waals surface area contributed by atoms with Gasteiger partial charge in [0, 0.05) is 44.1 Å². The normalized spacial score (nSPS) is 10.8. The van der Waals surface area contributed by atoms with Crippen LogP contribution in [0.5, 0.6) is 0 Å². The van der Waals surface area contributed by atoms with Crippen molar-refractivity contribution in [1.82, 2.24) is 0 Å². The molecule has 0 aliphatic rings. The Hall–Kier alpha value is -1.99. The van der Waals surface area contributed by atoms with Crippen molar-refractivity contribution in [2.24, 2.45) is 0 Å². The first-order valence-corrected chi connectivity index (χ1v) is 15.7. The predicted molar refractivity (Wildman–Crippen MR) is 160 cm³/mol. The first-order chi connectivity index (χ1) is 19.6. The second-order valence-electron chi connectivity index (χ2n) is 7.90. The van der Waals surface area contributed by atoms with Gasteiger partial charge in [0.25, 0.3) is 0 Å². The summed E-state index contributed by atoms with van der Waals surface area (Å²) in [6.07, 6.45) is 1.13. The minimum absolute atomic E-state index is 0.219. The van der Waals surface area contributed by atoms with Crippen LogP contribution in [0.15, 0.2) is 80.8 Å². The summed E-state index contributed by atoms with van der Waals surface area (Å²) in [6.45, 7) is 9.22. The molecule has 2 aromatic carbocycles. The van der Waals surface area contributed by atoms with Crippen LogP contribution < -0.4 is 0 Å². The van der Waals surface area contributed by atoms with Gasteiger partial charge in [0.15, 0.2) is 0 Å². The quantitative estimate of drug-likeness (QED) is 0.0703. The number of hydrogen-bond donors (Lipinski definition) is 0. The van der Waals surface area contributed by atoms with E-state index in [4.69, 9.17) is 28.4 Å². The highest BCUT2D eigenvalue weighted by atomic mass is 32.2. The molecule has 0 unspecified atom stereocenters.